The van der Waals surface area contributed by atoms with Crippen LogP contribution in [0.15, 0.2) is 59.1 Å². The van der Waals surface area contributed by atoms with Crippen LogP contribution < -0.4 is 11.1 Å². The zero-order chi connectivity index (χ0) is 28.2. The minimum absolute atomic E-state index is 0.0289. The zero-order valence-corrected chi connectivity index (χ0v) is 21.6. The number of benzene rings is 2. The monoisotopic (exact) mass is 549 g/mol. The number of carbonyl (C=O) groups is 3. The minimum atomic E-state index is -2.90. The van der Waals surface area contributed by atoms with Gasteiger partial charge in [0, 0.05) is 30.5 Å². The Bertz CT molecular complexity index is 1660. The quantitative estimate of drug-likeness (QED) is 0.423. The molecular formula is C27H24FN5O5S. The molecule has 1 aromatic heterocycles. The van der Waals surface area contributed by atoms with Gasteiger partial charge in [-0.3, -0.25) is 9.59 Å². The fourth-order valence-corrected chi connectivity index (χ4v) is 5.53. The number of hydrogen-bond acceptors (Lipinski definition) is 6. The molecule has 1 saturated heterocycles. The highest BCUT2D eigenvalue weighted by Crippen LogP contribution is 2.17. The van der Waals surface area contributed by atoms with Crippen LogP contribution in [0, 0.1) is 24.6 Å². The number of hydrogen-bond donors (Lipinski definition) is 3. The molecule has 10 nitrogen and oxygen atoms in total. The number of carboxylic acid groups (broad SMARTS) is 1. The Labute approximate surface area is 224 Å². The van der Waals surface area contributed by atoms with E-state index in [9.17, 15) is 23.0 Å². The molecule has 1 aliphatic rings. The Balaban J connectivity index is 1.51. The van der Waals surface area contributed by atoms with Gasteiger partial charge >= 0.3 is 6.09 Å². The molecule has 0 bridgehead atoms. The molecule has 39 heavy (non-hydrogen) atoms. The largest absolute Gasteiger partial charge is 0.465 e. The lowest BCUT2D eigenvalue weighted by atomic mass is 10.1. The first-order valence-corrected chi connectivity index (χ1v) is 13.6. The van der Waals surface area contributed by atoms with E-state index < -0.39 is 33.5 Å². The average Bonchev–Trinajstić information content (AvgIpc) is 2.89. The van der Waals surface area contributed by atoms with Gasteiger partial charge in [0.1, 0.15) is 11.6 Å². The number of aromatic nitrogens is 1. The highest BCUT2D eigenvalue weighted by atomic mass is 32.2. The van der Waals surface area contributed by atoms with Crippen LogP contribution in [0.1, 0.15) is 37.4 Å². The number of halogens is 1. The summed E-state index contributed by atoms with van der Waals surface area (Å²) in [4.78, 5) is 41.4. The van der Waals surface area contributed by atoms with Crippen LogP contribution in [0.25, 0.3) is 0 Å². The standard InChI is InChI=1S/C27H24FN5O5S/c1-17-5-8-23(28)22(13-17)26(35)31-21-4-2-3-18(14-21)6-7-19-15-20(16-30-24(19)29)25(34)32-39(38)11-9-33(10-12-39)27(36)37/h2-5,8,13-16H,9-12H2,1H3,(H2,29,30)(H,31,35)(H,36,37). The Hall–Kier alpha value is -4.76. The third-order valence-corrected chi connectivity index (χ3v) is 8.01. The lowest BCUT2D eigenvalue weighted by Gasteiger charge is -2.25. The molecule has 3 aromatic rings. The van der Waals surface area contributed by atoms with Crippen molar-refractivity contribution >= 4 is 39.1 Å². The molecule has 12 heteroatoms. The summed E-state index contributed by atoms with van der Waals surface area (Å²) in [5.74, 6) is 3.73. The van der Waals surface area contributed by atoms with E-state index >= 15 is 0 Å². The molecule has 200 valence electrons. The number of nitrogens with zero attached hydrogens (tertiary/aromatic N) is 3. The van der Waals surface area contributed by atoms with Gasteiger partial charge in [0.15, 0.2) is 0 Å². The smallest absolute Gasteiger partial charge is 0.407 e. The molecule has 0 saturated carbocycles. The second-order valence-corrected chi connectivity index (χ2v) is 11.3. The van der Waals surface area contributed by atoms with Crippen molar-refractivity contribution in [2.75, 3.05) is 35.6 Å². The summed E-state index contributed by atoms with van der Waals surface area (Å²) in [6, 6.07) is 12.2. The van der Waals surface area contributed by atoms with Crippen molar-refractivity contribution in [2.45, 2.75) is 6.92 Å². The summed E-state index contributed by atoms with van der Waals surface area (Å²) in [5.41, 5.74) is 7.78. The summed E-state index contributed by atoms with van der Waals surface area (Å²) in [7, 11) is -2.90. The van der Waals surface area contributed by atoms with Crippen molar-refractivity contribution in [3.05, 3.63) is 88.4 Å². The molecule has 2 heterocycles. The van der Waals surface area contributed by atoms with Crippen LogP contribution in [-0.2, 0) is 9.73 Å². The fraction of sp³-hybridized carbons (Fsp3) is 0.185. The lowest BCUT2D eigenvalue weighted by Crippen LogP contribution is -2.43. The SMILES string of the molecule is Cc1ccc(F)c(C(=O)Nc2cccc(C#Cc3cc(C(=O)N=S4(=O)CCN(C(=O)O)CC4)cnc3N)c2)c1. The van der Waals surface area contributed by atoms with Gasteiger partial charge in [0.2, 0.25) is 0 Å². The predicted octanol–water partition coefficient (Wildman–Crippen LogP) is 3.37. The van der Waals surface area contributed by atoms with Gasteiger partial charge in [-0.2, -0.15) is 4.36 Å². The summed E-state index contributed by atoms with van der Waals surface area (Å²) in [6.07, 6.45) is 0.101. The Morgan fingerprint density at radius 1 is 1.13 bits per heavy atom. The molecule has 0 atom stereocenters. The first kappa shape index (κ1) is 27.3. The van der Waals surface area contributed by atoms with Crippen LogP contribution in [0.3, 0.4) is 0 Å². The van der Waals surface area contributed by atoms with Gasteiger partial charge in [-0.1, -0.05) is 29.5 Å². The number of nitrogens with one attached hydrogen (secondary N) is 1. The Kier molecular flexibility index (Phi) is 7.92. The summed E-state index contributed by atoms with van der Waals surface area (Å²) in [5, 5.41) is 11.7. The van der Waals surface area contributed by atoms with Crippen LogP contribution in [0.4, 0.5) is 20.7 Å². The third kappa shape index (κ3) is 6.77. The number of anilines is 2. The molecule has 0 unspecified atom stereocenters. The van der Waals surface area contributed by atoms with Crippen molar-refractivity contribution in [1.29, 1.82) is 0 Å². The van der Waals surface area contributed by atoms with E-state index in [1.54, 1.807) is 37.3 Å². The summed E-state index contributed by atoms with van der Waals surface area (Å²) in [6.45, 7) is 1.82. The second kappa shape index (κ2) is 11.3. The van der Waals surface area contributed by atoms with Crippen LogP contribution in [-0.4, -0.2) is 61.7 Å². The maximum Gasteiger partial charge on any atom is 0.407 e. The lowest BCUT2D eigenvalue weighted by molar-refractivity contribution is 0.100. The van der Waals surface area contributed by atoms with Crippen LogP contribution in [0.5, 0.6) is 0 Å². The average molecular weight is 550 g/mol. The van der Waals surface area contributed by atoms with Gasteiger partial charge in [-0.15, -0.1) is 0 Å². The molecule has 2 aromatic carbocycles. The van der Waals surface area contributed by atoms with Crippen molar-refractivity contribution in [3.63, 3.8) is 0 Å². The van der Waals surface area contributed by atoms with Crippen molar-refractivity contribution in [1.82, 2.24) is 9.88 Å². The second-order valence-electron chi connectivity index (χ2n) is 8.77. The van der Waals surface area contributed by atoms with Crippen molar-refractivity contribution in [3.8, 4) is 11.8 Å². The normalized spacial score (nSPS) is 14.1. The molecule has 1 fully saturated rings. The molecule has 0 spiro atoms. The van der Waals surface area contributed by atoms with E-state index in [4.69, 9.17) is 10.8 Å². The first-order chi connectivity index (χ1) is 18.5. The predicted molar refractivity (Wildman–Crippen MR) is 144 cm³/mol. The third-order valence-electron chi connectivity index (χ3n) is 5.87. The van der Waals surface area contributed by atoms with Crippen LogP contribution >= 0.6 is 0 Å². The number of nitrogen functional groups attached to an aromatic ring is 1. The van der Waals surface area contributed by atoms with Gasteiger partial charge in [0.25, 0.3) is 11.8 Å². The van der Waals surface area contributed by atoms with Crippen LogP contribution in [0.2, 0.25) is 0 Å². The summed E-state index contributed by atoms with van der Waals surface area (Å²) >= 11 is 0. The summed E-state index contributed by atoms with van der Waals surface area (Å²) < 4.78 is 30.9. The number of pyridine rings is 1. The van der Waals surface area contributed by atoms with E-state index in [-0.39, 0.29) is 47.1 Å². The van der Waals surface area contributed by atoms with E-state index in [1.807, 2.05) is 0 Å². The molecule has 4 rings (SSSR count). The first-order valence-electron chi connectivity index (χ1n) is 11.7. The molecule has 3 amide bonds. The van der Waals surface area contributed by atoms with E-state index in [1.165, 1.54) is 24.4 Å². The number of aryl methyl sites for hydroxylation is 1. The van der Waals surface area contributed by atoms with Gasteiger partial charge in [0.05, 0.1) is 37.9 Å². The number of carbonyl (C=O) groups excluding carboxylic acids is 2. The molecule has 1 aliphatic heterocycles. The molecule has 4 N–H and O–H groups in total. The van der Waals surface area contributed by atoms with Gasteiger partial charge in [-0.05, 0) is 43.3 Å². The number of amides is 3. The zero-order valence-electron chi connectivity index (χ0n) is 20.8. The maximum atomic E-state index is 14.1. The highest BCUT2D eigenvalue weighted by Gasteiger charge is 2.25. The van der Waals surface area contributed by atoms with E-state index in [2.05, 4.69) is 26.5 Å². The molecular weight excluding hydrogens is 525 g/mol. The van der Waals surface area contributed by atoms with E-state index in [0.717, 1.165) is 10.5 Å². The molecule has 0 aliphatic carbocycles. The van der Waals surface area contributed by atoms with Crippen molar-refractivity contribution in [2.24, 2.45) is 4.36 Å². The highest BCUT2D eigenvalue weighted by molar-refractivity contribution is 7.94. The number of nitrogens with two attached hydrogens (primary N) is 1. The van der Waals surface area contributed by atoms with Crippen molar-refractivity contribution < 1.29 is 28.1 Å². The van der Waals surface area contributed by atoms with E-state index in [0.29, 0.717) is 11.3 Å². The number of rotatable bonds is 3. The van der Waals surface area contributed by atoms with Gasteiger partial charge < -0.3 is 21.1 Å². The Morgan fingerprint density at radius 3 is 2.59 bits per heavy atom. The van der Waals surface area contributed by atoms with Gasteiger partial charge in [-0.25, -0.2) is 18.4 Å². The minimum Gasteiger partial charge on any atom is -0.465 e. The fourth-order valence-electron chi connectivity index (χ4n) is 3.72. The maximum absolute atomic E-state index is 14.1. The molecule has 0 radical (unpaired) electrons. The topological polar surface area (TPSA) is 155 Å². The Morgan fingerprint density at radius 2 is 1.87 bits per heavy atom.